The largest absolute Gasteiger partial charge is 0.385 e. The van der Waals surface area contributed by atoms with E-state index in [-0.39, 0.29) is 6.10 Å². The first-order valence-corrected chi connectivity index (χ1v) is 6.89. The van der Waals surface area contributed by atoms with Gasteiger partial charge in [0.1, 0.15) is 11.9 Å². The Morgan fingerprint density at radius 2 is 2.35 bits per heavy atom. The summed E-state index contributed by atoms with van der Waals surface area (Å²) in [6, 6.07) is 4.23. The van der Waals surface area contributed by atoms with Gasteiger partial charge in [-0.05, 0) is 31.9 Å². The van der Waals surface area contributed by atoms with Crippen LogP contribution in [0.2, 0.25) is 0 Å². The van der Waals surface area contributed by atoms with Crippen molar-refractivity contribution < 1.29 is 9.47 Å². The third kappa shape index (κ3) is 3.27. The van der Waals surface area contributed by atoms with Gasteiger partial charge in [0.25, 0.3) is 0 Å². The van der Waals surface area contributed by atoms with Crippen molar-refractivity contribution in [3.63, 3.8) is 0 Å². The molecule has 0 saturated carbocycles. The number of nitrogens with zero attached hydrogens (tertiary/aromatic N) is 3. The lowest BCUT2D eigenvalue weighted by molar-refractivity contribution is 0.0189. The van der Waals surface area contributed by atoms with Crippen LogP contribution in [0, 0.1) is 25.2 Å². The maximum Gasteiger partial charge on any atom is 0.147 e. The molecule has 20 heavy (non-hydrogen) atoms. The predicted molar refractivity (Wildman–Crippen MR) is 76.9 cm³/mol. The number of morpholine rings is 1. The summed E-state index contributed by atoms with van der Waals surface area (Å²) in [5, 5.41) is 9.36. The Kier molecular flexibility index (Phi) is 4.94. The lowest BCUT2D eigenvalue weighted by atomic mass is 10.1. The van der Waals surface area contributed by atoms with Crippen molar-refractivity contribution in [1.29, 1.82) is 5.26 Å². The van der Waals surface area contributed by atoms with Gasteiger partial charge < -0.3 is 14.4 Å². The smallest absolute Gasteiger partial charge is 0.147 e. The molecule has 0 radical (unpaired) electrons. The second kappa shape index (κ2) is 6.69. The maximum atomic E-state index is 9.36. The third-order valence-corrected chi connectivity index (χ3v) is 3.52. The molecule has 2 heterocycles. The monoisotopic (exact) mass is 275 g/mol. The quantitative estimate of drug-likeness (QED) is 0.838. The number of pyridine rings is 1. The molecule has 1 aromatic heterocycles. The van der Waals surface area contributed by atoms with Crippen molar-refractivity contribution in [3.05, 3.63) is 22.9 Å². The van der Waals surface area contributed by atoms with Crippen LogP contribution in [0.3, 0.4) is 0 Å². The van der Waals surface area contributed by atoms with Crippen LogP contribution in [-0.4, -0.2) is 44.5 Å². The van der Waals surface area contributed by atoms with Crippen molar-refractivity contribution in [2.75, 3.05) is 38.3 Å². The number of methoxy groups -OCH3 is 1. The summed E-state index contributed by atoms with van der Waals surface area (Å²) in [4.78, 5) is 6.71. The lowest BCUT2D eigenvalue weighted by Crippen LogP contribution is -2.43. The first kappa shape index (κ1) is 14.8. The Morgan fingerprint density at radius 1 is 1.55 bits per heavy atom. The van der Waals surface area contributed by atoms with Crippen LogP contribution >= 0.6 is 0 Å². The Morgan fingerprint density at radius 3 is 3.05 bits per heavy atom. The normalized spacial score (nSPS) is 18.9. The van der Waals surface area contributed by atoms with E-state index in [9.17, 15) is 5.26 Å². The van der Waals surface area contributed by atoms with Gasteiger partial charge in [0.15, 0.2) is 0 Å². The number of aromatic nitrogens is 1. The van der Waals surface area contributed by atoms with Crippen molar-refractivity contribution in [3.8, 4) is 6.07 Å². The highest BCUT2D eigenvalue weighted by Crippen LogP contribution is 2.24. The van der Waals surface area contributed by atoms with Crippen LogP contribution in [-0.2, 0) is 9.47 Å². The summed E-state index contributed by atoms with van der Waals surface area (Å²) in [6.07, 6.45) is 0.998. The maximum absolute atomic E-state index is 9.36. The van der Waals surface area contributed by atoms with E-state index in [1.165, 1.54) is 0 Å². The Balaban J connectivity index is 2.20. The molecule has 1 aliphatic heterocycles. The van der Waals surface area contributed by atoms with Gasteiger partial charge in [-0.3, -0.25) is 0 Å². The fourth-order valence-corrected chi connectivity index (χ4v) is 2.52. The molecule has 5 nitrogen and oxygen atoms in total. The molecule has 1 saturated heterocycles. The zero-order chi connectivity index (χ0) is 14.5. The van der Waals surface area contributed by atoms with Gasteiger partial charge in [0.05, 0.1) is 18.3 Å². The third-order valence-electron chi connectivity index (χ3n) is 3.52. The van der Waals surface area contributed by atoms with Crippen molar-refractivity contribution in [1.82, 2.24) is 4.98 Å². The number of hydrogen-bond donors (Lipinski definition) is 0. The molecule has 1 aromatic rings. The standard InChI is InChI=1S/C15H21N3O2/c1-11-8-12(2)17-15(14(11)9-16)18-5-7-20-13(10-18)4-6-19-3/h8,13H,4-7,10H2,1-3H3/t13-/m1/s1. The average Bonchev–Trinajstić information content (AvgIpc) is 2.44. The van der Waals surface area contributed by atoms with Crippen molar-refractivity contribution in [2.45, 2.75) is 26.4 Å². The van der Waals surface area contributed by atoms with Crippen molar-refractivity contribution in [2.24, 2.45) is 0 Å². The van der Waals surface area contributed by atoms with Crippen molar-refractivity contribution >= 4 is 5.82 Å². The highest BCUT2D eigenvalue weighted by molar-refractivity contribution is 5.58. The minimum absolute atomic E-state index is 0.137. The van der Waals surface area contributed by atoms with Crippen LogP contribution in [0.15, 0.2) is 6.07 Å². The fourth-order valence-electron chi connectivity index (χ4n) is 2.52. The molecule has 5 heteroatoms. The van der Waals surface area contributed by atoms with Crippen LogP contribution < -0.4 is 4.90 Å². The summed E-state index contributed by atoms with van der Waals surface area (Å²) >= 11 is 0. The molecule has 0 bridgehead atoms. The summed E-state index contributed by atoms with van der Waals surface area (Å²) in [7, 11) is 1.69. The molecule has 0 aromatic carbocycles. The molecule has 0 N–H and O–H groups in total. The number of hydrogen-bond acceptors (Lipinski definition) is 5. The number of anilines is 1. The number of rotatable bonds is 4. The highest BCUT2D eigenvalue weighted by Gasteiger charge is 2.24. The minimum Gasteiger partial charge on any atom is -0.385 e. The molecule has 0 spiro atoms. The lowest BCUT2D eigenvalue weighted by Gasteiger charge is -2.34. The average molecular weight is 275 g/mol. The Labute approximate surface area is 120 Å². The summed E-state index contributed by atoms with van der Waals surface area (Å²) in [5.41, 5.74) is 2.59. The summed E-state index contributed by atoms with van der Waals surface area (Å²) < 4.78 is 10.8. The van der Waals surface area contributed by atoms with Gasteiger partial charge in [-0.1, -0.05) is 0 Å². The number of aryl methyl sites for hydroxylation is 2. The first-order chi connectivity index (χ1) is 9.65. The van der Waals surface area contributed by atoms with Gasteiger partial charge in [-0.25, -0.2) is 4.98 Å². The topological polar surface area (TPSA) is 58.4 Å². The second-order valence-corrected chi connectivity index (χ2v) is 5.11. The van der Waals surface area contributed by atoms with Gasteiger partial charge in [-0.2, -0.15) is 5.26 Å². The molecule has 1 aliphatic rings. The van der Waals surface area contributed by atoms with Gasteiger partial charge in [0, 0.05) is 32.5 Å². The fraction of sp³-hybridized carbons (Fsp3) is 0.600. The van der Waals surface area contributed by atoms with E-state index < -0.39 is 0 Å². The number of ether oxygens (including phenoxy) is 2. The molecule has 108 valence electrons. The Hall–Kier alpha value is -1.64. The minimum atomic E-state index is 0.137. The molecule has 1 fully saturated rings. The summed E-state index contributed by atoms with van der Waals surface area (Å²) in [5.74, 6) is 0.788. The van der Waals surface area contributed by atoms with E-state index in [2.05, 4.69) is 16.0 Å². The van der Waals surface area contributed by atoms with Gasteiger partial charge in [-0.15, -0.1) is 0 Å². The summed E-state index contributed by atoms with van der Waals surface area (Å²) in [6.45, 7) is 6.79. The van der Waals surface area contributed by atoms with E-state index in [1.807, 2.05) is 19.9 Å². The zero-order valence-electron chi connectivity index (χ0n) is 12.3. The molecule has 1 atom stereocenters. The van der Waals surface area contributed by atoms with Crippen LogP contribution in [0.1, 0.15) is 23.2 Å². The van der Waals surface area contributed by atoms with E-state index in [1.54, 1.807) is 7.11 Å². The van der Waals surface area contributed by atoms with Crippen LogP contribution in [0.25, 0.3) is 0 Å². The van der Waals surface area contributed by atoms with E-state index in [0.29, 0.717) is 18.8 Å². The van der Waals surface area contributed by atoms with Crippen LogP contribution in [0.4, 0.5) is 5.82 Å². The molecular weight excluding hydrogens is 254 g/mol. The van der Waals surface area contributed by atoms with Gasteiger partial charge >= 0.3 is 0 Å². The Bertz CT molecular complexity index is 511. The zero-order valence-corrected chi connectivity index (χ0v) is 12.3. The van der Waals surface area contributed by atoms with E-state index >= 15 is 0 Å². The van der Waals surface area contributed by atoms with E-state index in [0.717, 1.165) is 36.6 Å². The molecule has 0 amide bonds. The second-order valence-electron chi connectivity index (χ2n) is 5.11. The van der Waals surface area contributed by atoms with E-state index in [4.69, 9.17) is 9.47 Å². The van der Waals surface area contributed by atoms with Gasteiger partial charge in [0.2, 0.25) is 0 Å². The molecular formula is C15H21N3O2. The first-order valence-electron chi connectivity index (χ1n) is 6.89. The molecule has 0 aliphatic carbocycles. The SMILES string of the molecule is COCC[C@@H]1CN(c2nc(C)cc(C)c2C#N)CCO1. The molecule has 2 rings (SSSR count). The highest BCUT2D eigenvalue weighted by atomic mass is 16.5. The number of nitriles is 1. The molecule has 0 unspecified atom stereocenters. The van der Waals surface area contributed by atoms with Crippen LogP contribution in [0.5, 0.6) is 0 Å². The predicted octanol–water partition coefficient (Wildman–Crippen LogP) is 1.81.